The predicted molar refractivity (Wildman–Crippen MR) is 116 cm³/mol. The Hall–Kier alpha value is -1.31. The summed E-state index contributed by atoms with van der Waals surface area (Å²) in [5, 5.41) is 2.92. The second-order valence-electron chi connectivity index (χ2n) is 6.33. The Labute approximate surface area is 184 Å². The molecule has 1 aliphatic rings. The summed E-state index contributed by atoms with van der Waals surface area (Å²) in [4.78, 5) is 27.0. The average Bonchev–Trinajstić information content (AvgIpc) is 3.29. The number of benzene rings is 1. The van der Waals surface area contributed by atoms with Crippen LogP contribution in [0.25, 0.3) is 11.1 Å². The lowest BCUT2D eigenvalue weighted by Gasteiger charge is -2.15. The summed E-state index contributed by atoms with van der Waals surface area (Å²) >= 11 is 13.5. The number of amides is 1. The number of likely N-dealkylation sites (tertiary alicyclic amines) is 1. The number of carbonyl (C=O) groups is 2. The van der Waals surface area contributed by atoms with Crippen LogP contribution in [0, 0.1) is 0 Å². The van der Waals surface area contributed by atoms with Gasteiger partial charge in [0.05, 0.1) is 17.0 Å². The van der Waals surface area contributed by atoms with Crippen molar-refractivity contribution in [2.45, 2.75) is 12.8 Å². The van der Waals surface area contributed by atoms with Crippen molar-refractivity contribution in [1.29, 1.82) is 0 Å². The van der Waals surface area contributed by atoms with Crippen molar-refractivity contribution in [3.8, 4) is 11.1 Å². The van der Waals surface area contributed by atoms with E-state index >= 15 is 0 Å². The monoisotopic (exact) mass is 462 g/mol. The lowest BCUT2D eigenvalue weighted by atomic mass is 10.0. The zero-order chi connectivity index (χ0) is 19.4. The van der Waals surface area contributed by atoms with E-state index in [0.29, 0.717) is 31.9 Å². The Morgan fingerprint density at radius 2 is 1.82 bits per heavy atom. The van der Waals surface area contributed by atoms with E-state index in [0.717, 1.165) is 19.6 Å². The van der Waals surface area contributed by atoms with Gasteiger partial charge >= 0.3 is 5.97 Å². The predicted octanol–water partition coefficient (Wildman–Crippen LogP) is 4.76. The number of ether oxygens (including phenoxy) is 1. The van der Waals surface area contributed by atoms with Gasteiger partial charge in [-0.2, -0.15) is 0 Å². The Morgan fingerprint density at radius 3 is 2.43 bits per heavy atom. The maximum Gasteiger partial charge on any atom is 0.337 e. The molecule has 0 unspecified atom stereocenters. The van der Waals surface area contributed by atoms with Gasteiger partial charge in [0.15, 0.2) is 0 Å². The second kappa shape index (κ2) is 10.5. The average molecular weight is 464 g/mol. The maximum absolute atomic E-state index is 12.6. The van der Waals surface area contributed by atoms with Crippen LogP contribution in [0.4, 0.5) is 0 Å². The van der Waals surface area contributed by atoms with Gasteiger partial charge in [0, 0.05) is 24.2 Å². The van der Waals surface area contributed by atoms with Crippen LogP contribution in [0.2, 0.25) is 8.67 Å². The Kier molecular flexibility index (Phi) is 8.58. The van der Waals surface area contributed by atoms with Crippen molar-refractivity contribution in [1.82, 2.24) is 10.2 Å². The third-order valence-corrected chi connectivity index (χ3v) is 5.98. The van der Waals surface area contributed by atoms with Gasteiger partial charge in [-0.25, -0.2) is 4.79 Å². The van der Waals surface area contributed by atoms with Crippen molar-refractivity contribution in [2.24, 2.45) is 0 Å². The number of thiophene rings is 1. The zero-order valence-corrected chi connectivity index (χ0v) is 18.4. The number of nitrogens with zero attached hydrogens (tertiary/aromatic N) is 1. The van der Waals surface area contributed by atoms with Crippen LogP contribution < -0.4 is 5.32 Å². The van der Waals surface area contributed by atoms with Crippen molar-refractivity contribution in [2.75, 3.05) is 33.3 Å². The Morgan fingerprint density at radius 1 is 1.14 bits per heavy atom. The molecule has 1 amide bonds. The number of carbonyl (C=O) groups excluding carboxylic acids is 2. The molecule has 5 nitrogen and oxygen atoms in total. The summed E-state index contributed by atoms with van der Waals surface area (Å²) in [7, 11) is 1.30. The number of rotatable bonds is 6. The highest BCUT2D eigenvalue weighted by atomic mass is 35.5. The van der Waals surface area contributed by atoms with E-state index in [1.54, 1.807) is 18.2 Å². The molecule has 1 aliphatic heterocycles. The number of esters is 1. The molecule has 3 rings (SSSR count). The Balaban J connectivity index is 0.00000280. The quantitative estimate of drug-likeness (QED) is 0.628. The second-order valence-corrected chi connectivity index (χ2v) is 8.62. The fraction of sp³-hybridized carbons (Fsp3) is 0.368. The first-order valence-electron chi connectivity index (χ1n) is 8.67. The molecule has 28 heavy (non-hydrogen) atoms. The van der Waals surface area contributed by atoms with E-state index in [9.17, 15) is 9.59 Å². The molecule has 0 aliphatic carbocycles. The summed E-state index contributed by atoms with van der Waals surface area (Å²) in [6, 6.07) is 6.61. The first-order valence-corrected chi connectivity index (χ1v) is 10.2. The molecule has 0 spiro atoms. The Bertz CT molecular complexity index is 851. The molecule has 2 aromatic rings. The fourth-order valence-corrected chi connectivity index (χ4v) is 4.63. The molecular formula is C19H21Cl3N2O3S. The van der Waals surface area contributed by atoms with Crippen LogP contribution in [-0.2, 0) is 4.74 Å². The summed E-state index contributed by atoms with van der Waals surface area (Å²) in [5.74, 6) is -0.751. The normalized spacial score (nSPS) is 13.8. The summed E-state index contributed by atoms with van der Waals surface area (Å²) in [6.45, 7) is 3.54. The van der Waals surface area contributed by atoms with Crippen molar-refractivity contribution in [3.05, 3.63) is 44.1 Å². The van der Waals surface area contributed by atoms with Crippen LogP contribution in [0.15, 0.2) is 24.3 Å². The molecule has 2 heterocycles. The van der Waals surface area contributed by atoms with E-state index in [1.807, 2.05) is 0 Å². The lowest BCUT2D eigenvalue weighted by molar-refractivity contribution is 0.0601. The fourth-order valence-electron chi connectivity index (χ4n) is 3.12. The number of hydrogen-bond donors (Lipinski definition) is 1. The van der Waals surface area contributed by atoms with Gasteiger partial charge in [-0.1, -0.05) is 23.2 Å². The van der Waals surface area contributed by atoms with Crippen LogP contribution >= 0.6 is 46.9 Å². The zero-order valence-electron chi connectivity index (χ0n) is 15.3. The molecule has 1 fully saturated rings. The summed E-state index contributed by atoms with van der Waals surface area (Å²) in [6.07, 6.45) is 2.42. The minimum atomic E-state index is -0.514. The van der Waals surface area contributed by atoms with Gasteiger partial charge in [-0.15, -0.1) is 23.7 Å². The van der Waals surface area contributed by atoms with Crippen LogP contribution in [0.5, 0.6) is 0 Å². The summed E-state index contributed by atoms with van der Waals surface area (Å²) < 4.78 is 5.85. The van der Waals surface area contributed by atoms with Gasteiger partial charge in [-0.05, 0) is 55.8 Å². The SMILES string of the molecule is COC(=O)c1cc(C(=O)NCCN2CCCC2)cc(-c2cc(Cl)sc2Cl)c1.Cl. The van der Waals surface area contributed by atoms with Gasteiger partial charge in [-0.3, -0.25) is 4.79 Å². The lowest BCUT2D eigenvalue weighted by Crippen LogP contribution is -2.33. The van der Waals surface area contributed by atoms with E-state index in [2.05, 4.69) is 10.2 Å². The third kappa shape index (κ3) is 5.61. The van der Waals surface area contributed by atoms with E-state index in [4.69, 9.17) is 27.9 Å². The van der Waals surface area contributed by atoms with E-state index in [-0.39, 0.29) is 23.9 Å². The number of nitrogens with one attached hydrogen (secondary N) is 1. The smallest absolute Gasteiger partial charge is 0.337 e. The number of hydrogen-bond acceptors (Lipinski definition) is 5. The minimum absolute atomic E-state index is 0. The number of halogens is 3. The molecule has 1 aromatic heterocycles. The van der Waals surface area contributed by atoms with Gasteiger partial charge in [0.2, 0.25) is 0 Å². The molecule has 0 bridgehead atoms. The van der Waals surface area contributed by atoms with Crippen LogP contribution in [-0.4, -0.2) is 50.1 Å². The topological polar surface area (TPSA) is 58.6 Å². The largest absolute Gasteiger partial charge is 0.465 e. The highest BCUT2D eigenvalue weighted by Gasteiger charge is 2.17. The molecule has 1 N–H and O–H groups in total. The first-order chi connectivity index (χ1) is 13.0. The van der Waals surface area contributed by atoms with Gasteiger partial charge in [0.25, 0.3) is 5.91 Å². The van der Waals surface area contributed by atoms with Gasteiger partial charge < -0.3 is 15.0 Å². The molecule has 0 saturated carbocycles. The van der Waals surface area contributed by atoms with Crippen molar-refractivity contribution in [3.63, 3.8) is 0 Å². The van der Waals surface area contributed by atoms with E-state index in [1.165, 1.54) is 37.4 Å². The van der Waals surface area contributed by atoms with Crippen LogP contribution in [0.3, 0.4) is 0 Å². The standard InChI is InChI=1S/C19H20Cl2N2O3S.ClH/c1-26-19(25)14-9-12(15-11-16(20)27-17(15)21)8-13(10-14)18(24)22-4-7-23-5-2-3-6-23;/h8-11H,2-7H2,1H3,(H,22,24);1H. The molecule has 1 aromatic carbocycles. The molecule has 0 atom stereocenters. The highest BCUT2D eigenvalue weighted by molar-refractivity contribution is 7.20. The van der Waals surface area contributed by atoms with Gasteiger partial charge in [0.1, 0.15) is 4.34 Å². The van der Waals surface area contributed by atoms with Crippen LogP contribution in [0.1, 0.15) is 33.6 Å². The molecule has 1 saturated heterocycles. The number of methoxy groups -OCH3 is 1. The highest BCUT2D eigenvalue weighted by Crippen LogP contribution is 2.38. The third-order valence-electron chi connectivity index (χ3n) is 4.50. The van der Waals surface area contributed by atoms with Crippen molar-refractivity contribution >= 4 is 58.8 Å². The minimum Gasteiger partial charge on any atom is -0.465 e. The first kappa shape index (κ1) is 23.0. The molecule has 0 radical (unpaired) electrons. The maximum atomic E-state index is 12.6. The van der Waals surface area contributed by atoms with Crippen molar-refractivity contribution < 1.29 is 14.3 Å². The molecule has 9 heteroatoms. The molecule has 152 valence electrons. The summed E-state index contributed by atoms with van der Waals surface area (Å²) in [5.41, 5.74) is 2.00. The van der Waals surface area contributed by atoms with E-state index < -0.39 is 5.97 Å². The molecular weight excluding hydrogens is 443 g/mol.